The summed E-state index contributed by atoms with van der Waals surface area (Å²) in [5.74, 6) is 0.913. The Morgan fingerprint density at radius 2 is 2.21 bits per heavy atom. The van der Waals surface area contributed by atoms with Crippen molar-refractivity contribution in [3.8, 4) is 0 Å². The summed E-state index contributed by atoms with van der Waals surface area (Å²) in [6.07, 6.45) is 1.15. The lowest BCUT2D eigenvalue weighted by Crippen LogP contribution is -2.10. The minimum absolute atomic E-state index is 0.207. The largest absolute Gasteiger partial charge is 0.368 e. The molecule has 0 saturated heterocycles. The highest BCUT2D eigenvalue weighted by atomic mass is 35.5. The van der Waals surface area contributed by atoms with E-state index in [2.05, 4.69) is 29.1 Å². The Balaban J connectivity index is 2.10. The van der Waals surface area contributed by atoms with Crippen LogP contribution >= 0.6 is 11.6 Å². The van der Waals surface area contributed by atoms with Crippen LogP contribution in [0.25, 0.3) is 0 Å². The first-order chi connectivity index (χ1) is 6.47. The first-order valence-electron chi connectivity index (χ1n) is 4.54. The van der Waals surface area contributed by atoms with Gasteiger partial charge in [-0.05, 0) is 11.8 Å². The molecule has 0 aliphatic heterocycles. The number of nitrogens with one attached hydrogen (secondary N) is 1. The summed E-state index contributed by atoms with van der Waals surface area (Å²) in [4.78, 5) is 7.84. The van der Waals surface area contributed by atoms with Crippen molar-refractivity contribution in [1.82, 2.24) is 9.97 Å². The van der Waals surface area contributed by atoms with Crippen LogP contribution in [0.3, 0.4) is 0 Å². The van der Waals surface area contributed by atoms with Crippen LogP contribution in [-0.4, -0.2) is 16.0 Å². The summed E-state index contributed by atoms with van der Waals surface area (Å²) in [5, 5.41) is 3.65. The molecule has 0 radical (unpaired) electrons. The van der Waals surface area contributed by atoms with Gasteiger partial charge < -0.3 is 11.1 Å². The van der Waals surface area contributed by atoms with Crippen molar-refractivity contribution in [1.29, 1.82) is 0 Å². The highest BCUT2D eigenvalue weighted by Gasteiger charge is 2.45. The number of halogens is 1. The summed E-state index contributed by atoms with van der Waals surface area (Å²) in [5.41, 5.74) is 5.83. The highest BCUT2D eigenvalue weighted by molar-refractivity contribution is 6.29. The van der Waals surface area contributed by atoms with E-state index in [9.17, 15) is 0 Å². The highest BCUT2D eigenvalue weighted by Crippen LogP contribution is 2.46. The standard InChI is InChI=1S/C9H13ClN4/c1-9(2)4-5(9)12-7-3-6(10)13-8(11)14-7/h3,5H,4H2,1-2H3,(H3,11,12,13,14). The molecule has 1 aliphatic rings. The molecule has 76 valence electrons. The molecule has 0 bridgehead atoms. The van der Waals surface area contributed by atoms with Crippen LogP contribution in [-0.2, 0) is 0 Å². The van der Waals surface area contributed by atoms with E-state index >= 15 is 0 Å². The second-order valence-corrected chi connectivity index (χ2v) is 4.71. The molecule has 1 aromatic heterocycles. The molecule has 1 aromatic rings. The maximum atomic E-state index is 5.75. The fourth-order valence-electron chi connectivity index (χ4n) is 1.40. The zero-order valence-electron chi connectivity index (χ0n) is 8.21. The Hall–Kier alpha value is -1.03. The van der Waals surface area contributed by atoms with Crippen molar-refractivity contribution in [2.45, 2.75) is 26.3 Å². The number of hydrogen-bond acceptors (Lipinski definition) is 4. The number of nitrogens with zero attached hydrogens (tertiary/aromatic N) is 2. The van der Waals surface area contributed by atoms with Crippen molar-refractivity contribution in [2.24, 2.45) is 5.41 Å². The average Bonchev–Trinajstić information content (AvgIpc) is 2.55. The second kappa shape index (κ2) is 2.98. The number of nitrogen functional groups attached to an aromatic ring is 1. The zero-order chi connectivity index (χ0) is 10.3. The normalized spacial score (nSPS) is 23.2. The van der Waals surface area contributed by atoms with E-state index in [1.165, 1.54) is 0 Å². The molecule has 1 fully saturated rings. The molecular weight excluding hydrogens is 200 g/mol. The first-order valence-corrected chi connectivity index (χ1v) is 4.92. The van der Waals surface area contributed by atoms with E-state index in [0.717, 1.165) is 6.42 Å². The summed E-state index contributed by atoms with van der Waals surface area (Å²) in [7, 11) is 0. The van der Waals surface area contributed by atoms with Gasteiger partial charge in [0, 0.05) is 12.1 Å². The van der Waals surface area contributed by atoms with Crippen molar-refractivity contribution in [2.75, 3.05) is 11.1 Å². The molecule has 2 rings (SSSR count). The van der Waals surface area contributed by atoms with E-state index in [1.54, 1.807) is 6.07 Å². The quantitative estimate of drug-likeness (QED) is 0.736. The summed E-state index contributed by atoms with van der Waals surface area (Å²) in [6, 6.07) is 2.15. The zero-order valence-corrected chi connectivity index (χ0v) is 8.97. The summed E-state index contributed by atoms with van der Waals surface area (Å²) < 4.78 is 0. The first kappa shape index (κ1) is 9.52. The van der Waals surface area contributed by atoms with Gasteiger partial charge in [0.15, 0.2) is 0 Å². The Labute approximate surface area is 87.9 Å². The molecule has 4 nitrogen and oxygen atoms in total. The minimum Gasteiger partial charge on any atom is -0.368 e. The van der Waals surface area contributed by atoms with E-state index in [0.29, 0.717) is 22.4 Å². The average molecular weight is 213 g/mol. The van der Waals surface area contributed by atoms with Crippen LogP contribution in [0.4, 0.5) is 11.8 Å². The van der Waals surface area contributed by atoms with Gasteiger partial charge in [0.05, 0.1) is 0 Å². The lowest BCUT2D eigenvalue weighted by molar-refractivity contribution is 0.630. The van der Waals surface area contributed by atoms with Crippen molar-refractivity contribution in [3.05, 3.63) is 11.2 Å². The molecule has 0 aromatic carbocycles. The van der Waals surface area contributed by atoms with Crippen LogP contribution in [0.15, 0.2) is 6.07 Å². The van der Waals surface area contributed by atoms with Crippen LogP contribution in [0.2, 0.25) is 5.15 Å². The van der Waals surface area contributed by atoms with E-state index in [-0.39, 0.29) is 5.95 Å². The van der Waals surface area contributed by atoms with Gasteiger partial charge in [-0.25, -0.2) is 4.98 Å². The van der Waals surface area contributed by atoms with Gasteiger partial charge in [-0.3, -0.25) is 0 Å². The predicted octanol–water partition coefficient (Wildman–Crippen LogP) is 1.92. The van der Waals surface area contributed by atoms with Gasteiger partial charge in [0.1, 0.15) is 11.0 Å². The van der Waals surface area contributed by atoms with Gasteiger partial charge in [0.2, 0.25) is 5.95 Å². The number of rotatable bonds is 2. The third kappa shape index (κ3) is 1.90. The van der Waals surface area contributed by atoms with Crippen molar-refractivity contribution >= 4 is 23.4 Å². The topological polar surface area (TPSA) is 63.8 Å². The maximum absolute atomic E-state index is 5.75. The number of anilines is 2. The SMILES string of the molecule is CC1(C)CC1Nc1cc(Cl)nc(N)n1. The molecule has 1 aliphatic carbocycles. The number of aromatic nitrogens is 2. The smallest absolute Gasteiger partial charge is 0.223 e. The Kier molecular flexibility index (Phi) is 2.03. The molecule has 14 heavy (non-hydrogen) atoms. The predicted molar refractivity (Wildman–Crippen MR) is 57.3 cm³/mol. The molecule has 1 heterocycles. The van der Waals surface area contributed by atoms with Gasteiger partial charge >= 0.3 is 0 Å². The summed E-state index contributed by atoms with van der Waals surface area (Å²) >= 11 is 5.75. The Bertz CT molecular complexity index is 344. The Morgan fingerprint density at radius 3 is 2.71 bits per heavy atom. The molecular formula is C9H13ClN4. The van der Waals surface area contributed by atoms with E-state index in [1.807, 2.05) is 0 Å². The molecule has 1 saturated carbocycles. The van der Waals surface area contributed by atoms with Crippen LogP contribution < -0.4 is 11.1 Å². The third-order valence-corrected chi connectivity index (χ3v) is 2.74. The number of hydrogen-bond donors (Lipinski definition) is 2. The fraction of sp³-hybridized carbons (Fsp3) is 0.556. The molecule has 3 N–H and O–H groups in total. The lowest BCUT2D eigenvalue weighted by atomic mass is 10.2. The van der Waals surface area contributed by atoms with Crippen molar-refractivity contribution < 1.29 is 0 Å². The second-order valence-electron chi connectivity index (χ2n) is 4.32. The third-order valence-electron chi connectivity index (χ3n) is 2.55. The lowest BCUT2D eigenvalue weighted by Gasteiger charge is -2.07. The van der Waals surface area contributed by atoms with Crippen LogP contribution in [0, 0.1) is 5.41 Å². The van der Waals surface area contributed by atoms with Gasteiger partial charge in [-0.2, -0.15) is 4.98 Å². The summed E-state index contributed by atoms with van der Waals surface area (Å²) in [6.45, 7) is 4.41. The molecule has 1 unspecified atom stereocenters. The molecule has 0 spiro atoms. The van der Waals surface area contributed by atoms with Crippen molar-refractivity contribution in [3.63, 3.8) is 0 Å². The Morgan fingerprint density at radius 1 is 1.57 bits per heavy atom. The van der Waals surface area contributed by atoms with Gasteiger partial charge in [-0.1, -0.05) is 25.4 Å². The maximum Gasteiger partial charge on any atom is 0.223 e. The van der Waals surface area contributed by atoms with Crippen LogP contribution in [0.1, 0.15) is 20.3 Å². The van der Waals surface area contributed by atoms with E-state index < -0.39 is 0 Å². The fourth-order valence-corrected chi connectivity index (χ4v) is 1.59. The van der Waals surface area contributed by atoms with E-state index in [4.69, 9.17) is 17.3 Å². The van der Waals surface area contributed by atoms with Crippen LogP contribution in [0.5, 0.6) is 0 Å². The van der Waals surface area contributed by atoms with Gasteiger partial charge in [-0.15, -0.1) is 0 Å². The molecule has 0 amide bonds. The number of nitrogens with two attached hydrogens (primary N) is 1. The van der Waals surface area contributed by atoms with Gasteiger partial charge in [0.25, 0.3) is 0 Å². The molecule has 1 atom stereocenters. The minimum atomic E-state index is 0.207. The molecule has 5 heteroatoms. The monoisotopic (exact) mass is 212 g/mol.